The van der Waals surface area contributed by atoms with Crippen molar-refractivity contribution in [2.24, 2.45) is 5.92 Å². The Kier molecular flexibility index (Phi) is 6.77. The molecule has 1 spiro atoms. The fourth-order valence-corrected chi connectivity index (χ4v) is 5.04. The van der Waals surface area contributed by atoms with Gasteiger partial charge in [-0.1, -0.05) is 43.7 Å². The zero-order valence-corrected chi connectivity index (χ0v) is 18.5. The molecule has 1 saturated carbocycles. The highest BCUT2D eigenvalue weighted by atomic mass is 35.5. The number of likely N-dealkylation sites (tertiary alicyclic amines) is 1. The first kappa shape index (κ1) is 22.0. The van der Waals surface area contributed by atoms with Crippen LogP contribution in [0.2, 0.25) is 5.02 Å². The number of piperidine rings is 1. The number of nitrogens with one attached hydrogen (secondary N) is 2. The lowest BCUT2D eigenvalue weighted by Gasteiger charge is -2.34. The van der Waals surface area contributed by atoms with Crippen LogP contribution in [0.3, 0.4) is 0 Å². The maximum absolute atomic E-state index is 13.2. The molecule has 3 aliphatic rings. The predicted molar refractivity (Wildman–Crippen MR) is 117 cm³/mol. The molecule has 1 aromatic heterocycles. The summed E-state index contributed by atoms with van der Waals surface area (Å²) in [6.07, 6.45) is 9.86. The topological polar surface area (TPSA) is 94.6 Å². The van der Waals surface area contributed by atoms with E-state index in [9.17, 15) is 14.4 Å². The highest BCUT2D eigenvalue weighted by molar-refractivity contribution is 6.30. The SMILES string of the molecule is O=C(Nc1ccc(Cl)cn1)C1CCCN(CN2C(=O)NC3(CCCCCCC3)C2=O)C1. The average molecular weight is 448 g/mol. The van der Waals surface area contributed by atoms with Gasteiger partial charge in [0.2, 0.25) is 5.91 Å². The van der Waals surface area contributed by atoms with E-state index in [4.69, 9.17) is 11.6 Å². The zero-order chi connectivity index (χ0) is 21.8. The monoisotopic (exact) mass is 447 g/mol. The van der Waals surface area contributed by atoms with Crippen molar-refractivity contribution in [3.05, 3.63) is 23.4 Å². The van der Waals surface area contributed by atoms with E-state index in [0.717, 1.165) is 45.1 Å². The van der Waals surface area contributed by atoms with Crippen LogP contribution in [0.25, 0.3) is 0 Å². The van der Waals surface area contributed by atoms with Gasteiger partial charge < -0.3 is 10.6 Å². The van der Waals surface area contributed by atoms with Gasteiger partial charge >= 0.3 is 6.03 Å². The molecular weight excluding hydrogens is 418 g/mol. The van der Waals surface area contributed by atoms with Crippen LogP contribution < -0.4 is 10.6 Å². The van der Waals surface area contributed by atoms with E-state index in [2.05, 4.69) is 15.6 Å². The summed E-state index contributed by atoms with van der Waals surface area (Å²) in [5.41, 5.74) is -0.732. The van der Waals surface area contributed by atoms with Gasteiger partial charge in [0.15, 0.2) is 0 Å². The minimum Gasteiger partial charge on any atom is -0.323 e. The van der Waals surface area contributed by atoms with Crippen LogP contribution in [0, 0.1) is 5.92 Å². The van der Waals surface area contributed by atoms with Crippen LogP contribution in [0.15, 0.2) is 18.3 Å². The Bertz CT molecular complexity index is 823. The second-order valence-electron chi connectivity index (χ2n) is 8.92. The standard InChI is InChI=1S/C22H30ClN5O3/c23-17-8-9-18(24-13-17)25-19(29)16-7-6-12-27(14-16)15-28-20(30)22(26-21(28)31)10-4-2-1-3-5-11-22/h8-9,13,16H,1-7,10-12,14-15H2,(H,26,31)(H,24,25,29). The molecule has 1 unspecified atom stereocenters. The molecule has 9 heteroatoms. The third-order valence-electron chi connectivity index (χ3n) is 6.65. The Morgan fingerprint density at radius 3 is 2.61 bits per heavy atom. The molecule has 2 saturated heterocycles. The number of amides is 4. The maximum Gasteiger partial charge on any atom is 0.326 e. The molecule has 1 aliphatic carbocycles. The third kappa shape index (κ3) is 5.01. The van der Waals surface area contributed by atoms with Crippen molar-refractivity contribution < 1.29 is 14.4 Å². The number of halogens is 1. The lowest BCUT2D eigenvalue weighted by molar-refractivity contribution is -0.134. The van der Waals surface area contributed by atoms with Gasteiger partial charge in [-0.15, -0.1) is 0 Å². The molecule has 2 N–H and O–H groups in total. The first-order chi connectivity index (χ1) is 15.0. The van der Waals surface area contributed by atoms with Crippen molar-refractivity contribution in [3.63, 3.8) is 0 Å². The summed E-state index contributed by atoms with van der Waals surface area (Å²) in [6.45, 7) is 1.49. The van der Waals surface area contributed by atoms with Gasteiger partial charge in [0.25, 0.3) is 5.91 Å². The van der Waals surface area contributed by atoms with Crippen LogP contribution in [0.4, 0.5) is 10.6 Å². The average Bonchev–Trinajstić information content (AvgIpc) is 2.97. The fourth-order valence-electron chi connectivity index (χ4n) is 4.93. The summed E-state index contributed by atoms with van der Waals surface area (Å²) in [7, 11) is 0. The molecule has 8 nitrogen and oxygen atoms in total. The van der Waals surface area contributed by atoms with Crippen molar-refractivity contribution in [2.45, 2.75) is 63.3 Å². The van der Waals surface area contributed by atoms with Gasteiger partial charge in [0, 0.05) is 12.7 Å². The molecular formula is C22H30ClN5O3. The lowest BCUT2D eigenvalue weighted by atomic mass is 9.84. The molecule has 3 heterocycles. The molecule has 31 heavy (non-hydrogen) atoms. The highest BCUT2D eigenvalue weighted by Crippen LogP contribution is 2.32. The van der Waals surface area contributed by atoms with Crippen molar-refractivity contribution >= 4 is 35.3 Å². The summed E-state index contributed by atoms with van der Waals surface area (Å²) >= 11 is 5.84. The Labute approximate surface area is 187 Å². The summed E-state index contributed by atoms with van der Waals surface area (Å²) < 4.78 is 0. The molecule has 0 radical (unpaired) electrons. The van der Waals surface area contributed by atoms with Crippen molar-refractivity contribution in [1.29, 1.82) is 0 Å². The Morgan fingerprint density at radius 2 is 1.90 bits per heavy atom. The van der Waals surface area contributed by atoms with Crippen LogP contribution >= 0.6 is 11.6 Å². The second-order valence-corrected chi connectivity index (χ2v) is 9.36. The minimum atomic E-state index is -0.732. The molecule has 168 valence electrons. The van der Waals surface area contributed by atoms with Gasteiger partial charge in [-0.2, -0.15) is 0 Å². The van der Waals surface area contributed by atoms with Crippen LogP contribution in [0.1, 0.15) is 57.8 Å². The molecule has 4 amide bonds. The number of nitrogens with zero attached hydrogens (tertiary/aromatic N) is 3. The van der Waals surface area contributed by atoms with E-state index in [0.29, 0.717) is 30.2 Å². The van der Waals surface area contributed by atoms with Crippen molar-refractivity contribution in [3.8, 4) is 0 Å². The van der Waals surface area contributed by atoms with Crippen molar-refractivity contribution in [2.75, 3.05) is 25.1 Å². The number of carbonyl (C=O) groups is 3. The number of anilines is 1. The normalized spacial score (nSPS) is 24.5. The predicted octanol–water partition coefficient (Wildman–Crippen LogP) is 3.38. The number of pyridine rings is 1. The number of aromatic nitrogens is 1. The summed E-state index contributed by atoms with van der Waals surface area (Å²) in [6, 6.07) is 3.05. The number of imide groups is 1. The van der Waals surface area contributed by atoms with Gasteiger partial charge in [-0.3, -0.25) is 14.5 Å². The van der Waals surface area contributed by atoms with Gasteiger partial charge in [-0.25, -0.2) is 14.7 Å². The second kappa shape index (κ2) is 9.53. The van der Waals surface area contributed by atoms with Gasteiger partial charge in [0.1, 0.15) is 11.4 Å². The molecule has 3 fully saturated rings. The number of rotatable bonds is 4. The van der Waals surface area contributed by atoms with E-state index in [1.807, 2.05) is 4.90 Å². The van der Waals surface area contributed by atoms with E-state index < -0.39 is 5.54 Å². The maximum atomic E-state index is 13.2. The lowest BCUT2D eigenvalue weighted by Crippen LogP contribution is -2.50. The van der Waals surface area contributed by atoms with E-state index in [1.54, 1.807) is 12.1 Å². The molecule has 1 atom stereocenters. The molecule has 2 aliphatic heterocycles. The Balaban J connectivity index is 1.36. The Morgan fingerprint density at radius 1 is 1.16 bits per heavy atom. The largest absolute Gasteiger partial charge is 0.326 e. The number of hydrogen-bond donors (Lipinski definition) is 2. The highest BCUT2D eigenvalue weighted by Gasteiger charge is 2.50. The number of urea groups is 1. The smallest absolute Gasteiger partial charge is 0.323 e. The molecule has 0 aromatic carbocycles. The van der Waals surface area contributed by atoms with Crippen molar-refractivity contribution in [1.82, 2.24) is 20.1 Å². The molecule has 1 aromatic rings. The van der Waals surface area contributed by atoms with Crippen LogP contribution in [-0.4, -0.2) is 57.9 Å². The first-order valence-electron chi connectivity index (χ1n) is 11.3. The minimum absolute atomic E-state index is 0.101. The first-order valence-corrected chi connectivity index (χ1v) is 11.6. The fraction of sp³-hybridized carbons (Fsp3) is 0.636. The summed E-state index contributed by atoms with van der Waals surface area (Å²) in [5, 5.41) is 6.36. The molecule has 4 rings (SSSR count). The zero-order valence-electron chi connectivity index (χ0n) is 17.7. The van der Waals surface area contributed by atoms with Crippen LogP contribution in [0.5, 0.6) is 0 Å². The Hall–Kier alpha value is -2.19. The number of carbonyl (C=O) groups excluding carboxylic acids is 3. The van der Waals surface area contributed by atoms with Gasteiger partial charge in [0.05, 0.1) is 17.6 Å². The quantitative estimate of drug-likeness (QED) is 0.690. The van der Waals surface area contributed by atoms with E-state index >= 15 is 0 Å². The third-order valence-corrected chi connectivity index (χ3v) is 6.87. The molecule has 0 bridgehead atoms. The number of hydrogen-bond acceptors (Lipinski definition) is 5. The van der Waals surface area contributed by atoms with Crippen LogP contribution in [-0.2, 0) is 9.59 Å². The summed E-state index contributed by atoms with van der Waals surface area (Å²) in [4.78, 5) is 46.1. The van der Waals surface area contributed by atoms with Gasteiger partial charge in [-0.05, 0) is 44.4 Å². The van der Waals surface area contributed by atoms with E-state index in [1.165, 1.54) is 17.5 Å². The summed E-state index contributed by atoms with van der Waals surface area (Å²) in [5.74, 6) is 0.0405. The van der Waals surface area contributed by atoms with E-state index in [-0.39, 0.29) is 30.4 Å².